The summed E-state index contributed by atoms with van der Waals surface area (Å²) < 4.78 is 23.7. The largest absolute Gasteiger partial charge is 0.453 e. The van der Waals surface area contributed by atoms with E-state index in [1.54, 1.807) is 18.2 Å². The molecule has 0 spiro atoms. The first-order valence-electron chi connectivity index (χ1n) is 5.73. The zero-order valence-corrected chi connectivity index (χ0v) is 10.2. The second-order valence-corrected chi connectivity index (χ2v) is 4.39. The van der Waals surface area contributed by atoms with E-state index in [1.165, 1.54) is 12.1 Å². The Morgan fingerprint density at radius 2 is 2.11 bits per heavy atom. The molecule has 2 rings (SSSR count). The van der Waals surface area contributed by atoms with Gasteiger partial charge in [0.25, 0.3) is 0 Å². The van der Waals surface area contributed by atoms with Crippen molar-refractivity contribution >= 4 is 11.9 Å². The summed E-state index contributed by atoms with van der Waals surface area (Å²) in [5.74, 6) is -1.91. The minimum atomic E-state index is -2.46. The summed E-state index contributed by atoms with van der Waals surface area (Å²) >= 11 is 0. The Hall–Kier alpha value is -1.95. The first kappa shape index (κ1) is 13.5. The van der Waals surface area contributed by atoms with Crippen molar-refractivity contribution < 1.29 is 28.6 Å². The number of ether oxygens (including phenoxy) is 2. The van der Waals surface area contributed by atoms with Crippen molar-refractivity contribution in [2.24, 2.45) is 0 Å². The van der Waals surface area contributed by atoms with Gasteiger partial charge in [-0.15, -0.1) is 0 Å². The number of aliphatic hydroxyl groups is 1. The molecule has 1 N–H and O–H groups in total. The van der Waals surface area contributed by atoms with Crippen molar-refractivity contribution in [2.45, 2.75) is 24.8 Å². The van der Waals surface area contributed by atoms with Gasteiger partial charge in [-0.1, -0.05) is 18.2 Å². The third kappa shape index (κ3) is 2.44. The van der Waals surface area contributed by atoms with Crippen LogP contribution in [0.5, 0.6) is 0 Å². The van der Waals surface area contributed by atoms with Gasteiger partial charge in [0.1, 0.15) is 0 Å². The number of alkyl halides is 1. The van der Waals surface area contributed by atoms with E-state index in [0.29, 0.717) is 0 Å². The smallest absolute Gasteiger partial charge is 0.348 e. The molecule has 5 nitrogen and oxygen atoms in total. The normalized spacial score (nSPS) is 29.9. The van der Waals surface area contributed by atoms with Crippen molar-refractivity contribution in [1.29, 1.82) is 0 Å². The number of cyclic esters (lactones) is 1. The van der Waals surface area contributed by atoms with E-state index >= 15 is 0 Å². The lowest BCUT2D eigenvalue weighted by Gasteiger charge is -2.21. The predicted octanol–water partition coefficient (Wildman–Crippen LogP) is 0.858. The molecule has 3 atom stereocenters. The van der Waals surface area contributed by atoms with Gasteiger partial charge in [0.15, 0.2) is 12.2 Å². The highest BCUT2D eigenvalue weighted by Crippen LogP contribution is 2.32. The second-order valence-electron chi connectivity index (χ2n) is 4.39. The maximum Gasteiger partial charge on any atom is 0.348 e. The zero-order chi connectivity index (χ0) is 14.0. The number of carbonyl (C=O) groups is 2. The van der Waals surface area contributed by atoms with Crippen molar-refractivity contribution in [1.82, 2.24) is 0 Å². The molecule has 1 fully saturated rings. The third-order valence-corrected chi connectivity index (χ3v) is 2.95. The van der Waals surface area contributed by atoms with Gasteiger partial charge >= 0.3 is 11.9 Å². The maximum atomic E-state index is 14.1. The van der Waals surface area contributed by atoms with Crippen LogP contribution in [-0.2, 0) is 14.3 Å². The van der Waals surface area contributed by atoms with Crippen molar-refractivity contribution in [3.05, 3.63) is 35.9 Å². The third-order valence-electron chi connectivity index (χ3n) is 2.95. The lowest BCUT2D eigenvalue weighted by atomic mass is 10.0. The average Bonchev–Trinajstić information content (AvgIpc) is 2.63. The summed E-state index contributed by atoms with van der Waals surface area (Å²) in [6, 6.07) is 7.98. The van der Waals surface area contributed by atoms with Crippen molar-refractivity contribution in [2.75, 3.05) is 6.61 Å². The van der Waals surface area contributed by atoms with Crippen LogP contribution in [0.25, 0.3) is 0 Å². The summed E-state index contributed by atoms with van der Waals surface area (Å²) in [6.45, 7) is 0.353. The Kier molecular flexibility index (Phi) is 3.53. The Morgan fingerprint density at radius 1 is 1.47 bits per heavy atom. The summed E-state index contributed by atoms with van der Waals surface area (Å²) in [6.07, 6.45) is -2.65. The molecule has 0 aliphatic carbocycles. The van der Waals surface area contributed by atoms with Gasteiger partial charge in [-0.3, -0.25) is 0 Å². The average molecular weight is 268 g/mol. The number of esters is 2. The summed E-state index contributed by atoms with van der Waals surface area (Å²) in [4.78, 5) is 23.1. The fourth-order valence-electron chi connectivity index (χ4n) is 1.86. The van der Waals surface area contributed by atoms with Crippen LogP contribution in [0.15, 0.2) is 30.3 Å². The number of halogens is 1. The Labute approximate surface area is 108 Å². The number of hydrogen-bond donors (Lipinski definition) is 1. The minimum Gasteiger partial charge on any atom is -0.453 e. The van der Waals surface area contributed by atoms with Gasteiger partial charge in [-0.25, -0.2) is 14.0 Å². The quantitative estimate of drug-likeness (QED) is 0.823. The highest BCUT2D eigenvalue weighted by atomic mass is 19.1. The second kappa shape index (κ2) is 4.97. The van der Waals surface area contributed by atoms with Crippen LogP contribution < -0.4 is 0 Å². The van der Waals surface area contributed by atoms with E-state index in [4.69, 9.17) is 9.84 Å². The van der Waals surface area contributed by atoms with Crippen molar-refractivity contribution in [3.63, 3.8) is 0 Å². The topological polar surface area (TPSA) is 72.8 Å². The highest BCUT2D eigenvalue weighted by Gasteiger charge is 2.57. The Balaban J connectivity index is 2.17. The number of benzene rings is 1. The molecule has 6 heteroatoms. The van der Waals surface area contributed by atoms with Crippen LogP contribution >= 0.6 is 0 Å². The predicted molar refractivity (Wildman–Crippen MR) is 62.1 cm³/mol. The van der Waals surface area contributed by atoms with E-state index in [-0.39, 0.29) is 5.56 Å². The monoisotopic (exact) mass is 268 g/mol. The van der Waals surface area contributed by atoms with E-state index in [1.807, 2.05) is 0 Å². The van der Waals surface area contributed by atoms with Gasteiger partial charge in [0.2, 0.25) is 5.67 Å². The van der Waals surface area contributed by atoms with Gasteiger partial charge in [0.05, 0.1) is 12.2 Å². The van der Waals surface area contributed by atoms with Crippen LogP contribution in [-0.4, -0.2) is 41.5 Å². The van der Waals surface area contributed by atoms with Crippen molar-refractivity contribution in [3.8, 4) is 0 Å². The van der Waals surface area contributed by atoms with E-state index in [2.05, 4.69) is 4.74 Å². The lowest BCUT2D eigenvalue weighted by Crippen LogP contribution is -2.43. The van der Waals surface area contributed by atoms with Gasteiger partial charge in [0, 0.05) is 0 Å². The van der Waals surface area contributed by atoms with E-state index < -0.39 is 36.4 Å². The van der Waals surface area contributed by atoms with Crippen LogP contribution in [0, 0.1) is 0 Å². The molecule has 0 radical (unpaired) electrons. The lowest BCUT2D eigenvalue weighted by molar-refractivity contribution is -0.150. The van der Waals surface area contributed by atoms with E-state index in [0.717, 1.165) is 6.92 Å². The molecule has 1 heterocycles. The highest BCUT2D eigenvalue weighted by molar-refractivity contribution is 5.90. The minimum absolute atomic E-state index is 0.231. The molecule has 1 aliphatic rings. The fourth-order valence-corrected chi connectivity index (χ4v) is 1.86. The SMILES string of the molecule is C[C@]1(F)C(=O)OC(CO)[C@H]1OC(=O)c1ccccc1. The zero-order valence-electron chi connectivity index (χ0n) is 10.2. The number of aliphatic hydroxyl groups excluding tert-OH is 1. The Morgan fingerprint density at radius 3 is 2.68 bits per heavy atom. The molecule has 0 bridgehead atoms. The number of hydrogen-bond acceptors (Lipinski definition) is 5. The Bertz CT molecular complexity index is 485. The molecule has 1 unspecified atom stereocenters. The van der Waals surface area contributed by atoms with Gasteiger partial charge in [-0.2, -0.15) is 0 Å². The van der Waals surface area contributed by atoms with Gasteiger partial charge < -0.3 is 14.6 Å². The van der Waals surface area contributed by atoms with Gasteiger partial charge in [-0.05, 0) is 19.1 Å². The molecule has 0 amide bonds. The molecule has 1 aromatic rings. The van der Waals surface area contributed by atoms with Crippen LogP contribution in [0.2, 0.25) is 0 Å². The molecule has 1 aliphatic heterocycles. The van der Waals surface area contributed by atoms with E-state index in [9.17, 15) is 14.0 Å². The molecule has 1 aromatic carbocycles. The molecule has 102 valence electrons. The molecule has 1 saturated heterocycles. The molecule has 19 heavy (non-hydrogen) atoms. The standard InChI is InChI=1S/C13H13FO5/c1-13(14)10(9(7-15)18-12(13)17)19-11(16)8-5-3-2-4-6-8/h2-6,9-10,15H,7H2,1H3/t9?,10-,13-/m1/s1. The molecular weight excluding hydrogens is 255 g/mol. The molecule has 0 saturated carbocycles. The molecular formula is C13H13FO5. The first-order chi connectivity index (χ1) is 8.96. The molecule has 0 aromatic heterocycles. The summed E-state index contributed by atoms with van der Waals surface area (Å²) in [7, 11) is 0. The van der Waals surface area contributed by atoms with Crippen LogP contribution in [0.4, 0.5) is 4.39 Å². The summed E-state index contributed by atoms with van der Waals surface area (Å²) in [5.41, 5.74) is -2.23. The maximum absolute atomic E-state index is 14.1. The van der Waals surface area contributed by atoms with Crippen LogP contribution in [0.3, 0.4) is 0 Å². The number of carbonyl (C=O) groups excluding carboxylic acids is 2. The number of rotatable bonds is 3. The first-order valence-corrected chi connectivity index (χ1v) is 5.73. The van der Waals surface area contributed by atoms with Crippen LogP contribution in [0.1, 0.15) is 17.3 Å². The fraction of sp³-hybridized carbons (Fsp3) is 0.385. The summed E-state index contributed by atoms with van der Waals surface area (Å²) in [5, 5.41) is 9.03.